The average Bonchev–Trinajstić information content (AvgIpc) is 3.28. The third-order valence-corrected chi connectivity index (χ3v) is 4.81. The number of carboxylic acids is 1. The Morgan fingerprint density at radius 3 is 2.86 bits per heavy atom. The van der Waals surface area contributed by atoms with E-state index in [1.54, 1.807) is 0 Å². The van der Waals surface area contributed by atoms with E-state index in [9.17, 15) is 9.90 Å². The van der Waals surface area contributed by atoms with Crippen LogP contribution in [0, 0.1) is 11.3 Å². The molecule has 4 atom stereocenters. The molecule has 4 heteroatoms. The summed E-state index contributed by atoms with van der Waals surface area (Å²) < 4.78 is 11.2. The minimum Gasteiger partial charge on any atom is -0.478 e. The van der Waals surface area contributed by atoms with E-state index < -0.39 is 5.97 Å². The number of allylic oxidation sites excluding steroid dienone is 4. The van der Waals surface area contributed by atoms with Crippen LogP contribution in [-0.2, 0) is 14.3 Å². The van der Waals surface area contributed by atoms with Gasteiger partial charge in [0.15, 0.2) is 0 Å². The summed E-state index contributed by atoms with van der Waals surface area (Å²) in [5, 5.41) is 9.33. The van der Waals surface area contributed by atoms with Crippen LogP contribution >= 0.6 is 0 Å². The van der Waals surface area contributed by atoms with Gasteiger partial charge in [0.1, 0.15) is 6.10 Å². The Labute approximate surface area is 132 Å². The summed E-state index contributed by atoms with van der Waals surface area (Å²) in [6, 6.07) is 0. The second-order valence-corrected chi connectivity index (χ2v) is 6.40. The van der Waals surface area contributed by atoms with E-state index in [0.717, 1.165) is 12.2 Å². The summed E-state index contributed by atoms with van der Waals surface area (Å²) in [6.07, 6.45) is 8.84. The van der Waals surface area contributed by atoms with Crippen LogP contribution in [0.5, 0.6) is 0 Å². The van der Waals surface area contributed by atoms with Crippen LogP contribution in [0.25, 0.3) is 0 Å². The lowest BCUT2D eigenvalue weighted by Gasteiger charge is -2.41. The highest BCUT2D eigenvalue weighted by Gasteiger charge is 2.40. The highest BCUT2D eigenvalue weighted by molar-refractivity contribution is 5.86. The molecule has 0 radical (unpaired) electrons. The highest BCUT2D eigenvalue weighted by Crippen LogP contribution is 2.43. The molecule has 22 heavy (non-hydrogen) atoms. The van der Waals surface area contributed by atoms with Gasteiger partial charge in [0.25, 0.3) is 0 Å². The van der Waals surface area contributed by atoms with Gasteiger partial charge in [-0.1, -0.05) is 43.7 Å². The number of hydrogen-bond donors (Lipinski definition) is 1. The molecule has 4 nitrogen and oxygen atoms in total. The number of rotatable bonds is 7. The van der Waals surface area contributed by atoms with E-state index in [1.807, 2.05) is 19.1 Å². The number of epoxide rings is 1. The Bertz CT molecular complexity index is 513. The largest absolute Gasteiger partial charge is 0.478 e. The van der Waals surface area contributed by atoms with Gasteiger partial charge >= 0.3 is 5.97 Å². The fourth-order valence-electron chi connectivity index (χ4n) is 2.94. The predicted molar refractivity (Wildman–Crippen MR) is 85.7 cm³/mol. The molecule has 2 aliphatic rings. The first-order valence-corrected chi connectivity index (χ1v) is 7.91. The number of carboxylic acid groups (broad SMARTS) is 1. The quantitative estimate of drug-likeness (QED) is 0.579. The number of ether oxygens (including phenoxy) is 2. The molecule has 0 saturated carbocycles. The standard InChI is InChI=1S/C18H26O4/c1-5-14(17(19)20)9-16-12(2)7-6-8-18(16,4)13(3)21-10-15-11-22-15/h6-9,13,15-16H,5,10-11H2,1-4H3,(H,19,20)/t13-,15+,16?,18?/m1/s1. The van der Waals surface area contributed by atoms with Crippen molar-refractivity contribution in [2.75, 3.05) is 13.2 Å². The molecule has 0 bridgehead atoms. The van der Waals surface area contributed by atoms with Crippen molar-refractivity contribution >= 4 is 5.97 Å². The third kappa shape index (κ3) is 3.68. The fourth-order valence-corrected chi connectivity index (χ4v) is 2.94. The maximum Gasteiger partial charge on any atom is 0.331 e. The summed E-state index contributed by atoms with van der Waals surface area (Å²) in [7, 11) is 0. The second kappa shape index (κ2) is 6.80. The SMILES string of the molecule is CCC(=CC1C(C)=CC=CC1(C)[C@@H](C)OC[C@H]1CO1)C(=O)O. The molecule has 2 rings (SSSR count). The average molecular weight is 306 g/mol. The molecule has 0 aromatic heterocycles. The van der Waals surface area contributed by atoms with Gasteiger partial charge in [-0.15, -0.1) is 0 Å². The lowest BCUT2D eigenvalue weighted by Crippen LogP contribution is -2.39. The van der Waals surface area contributed by atoms with Crippen molar-refractivity contribution in [2.24, 2.45) is 11.3 Å². The normalized spacial score (nSPS) is 32.5. The van der Waals surface area contributed by atoms with Crippen LogP contribution in [-0.4, -0.2) is 36.5 Å². The topological polar surface area (TPSA) is 59.1 Å². The van der Waals surface area contributed by atoms with E-state index in [0.29, 0.717) is 18.6 Å². The molecule has 0 amide bonds. The molecule has 1 N–H and O–H groups in total. The molecule has 2 unspecified atom stereocenters. The third-order valence-electron chi connectivity index (χ3n) is 4.81. The Hall–Kier alpha value is -1.39. The molecule has 1 aliphatic heterocycles. The first-order chi connectivity index (χ1) is 10.4. The maximum atomic E-state index is 11.4. The van der Waals surface area contributed by atoms with Gasteiger partial charge in [-0.05, 0) is 20.3 Å². The van der Waals surface area contributed by atoms with E-state index in [2.05, 4.69) is 32.9 Å². The number of aliphatic carboxylic acids is 1. The molecular weight excluding hydrogens is 280 g/mol. The first kappa shape index (κ1) is 17.0. The van der Waals surface area contributed by atoms with Gasteiger partial charge in [-0.3, -0.25) is 0 Å². The van der Waals surface area contributed by atoms with Crippen LogP contribution in [0.3, 0.4) is 0 Å². The smallest absolute Gasteiger partial charge is 0.331 e. The zero-order valence-electron chi connectivity index (χ0n) is 13.8. The summed E-state index contributed by atoms with van der Waals surface area (Å²) >= 11 is 0. The van der Waals surface area contributed by atoms with Crippen molar-refractivity contribution in [2.45, 2.75) is 46.3 Å². The molecular formula is C18H26O4. The van der Waals surface area contributed by atoms with Crippen LogP contribution in [0.15, 0.2) is 35.5 Å². The van der Waals surface area contributed by atoms with Gasteiger partial charge in [-0.25, -0.2) is 4.79 Å². The molecule has 1 fully saturated rings. The fraction of sp³-hybridized carbons (Fsp3) is 0.611. The van der Waals surface area contributed by atoms with Crippen molar-refractivity contribution in [1.82, 2.24) is 0 Å². The van der Waals surface area contributed by atoms with Crippen molar-refractivity contribution in [1.29, 1.82) is 0 Å². The van der Waals surface area contributed by atoms with Crippen molar-refractivity contribution < 1.29 is 19.4 Å². The van der Waals surface area contributed by atoms with Crippen LogP contribution in [0.2, 0.25) is 0 Å². The van der Waals surface area contributed by atoms with Crippen molar-refractivity contribution in [3.05, 3.63) is 35.5 Å². The Balaban J connectivity index is 2.23. The lowest BCUT2D eigenvalue weighted by molar-refractivity contribution is -0.132. The molecule has 1 saturated heterocycles. The van der Waals surface area contributed by atoms with E-state index >= 15 is 0 Å². The zero-order chi connectivity index (χ0) is 16.3. The van der Waals surface area contributed by atoms with Crippen LogP contribution in [0.1, 0.15) is 34.1 Å². The monoisotopic (exact) mass is 306 g/mol. The minimum absolute atomic E-state index is 0.0234. The van der Waals surface area contributed by atoms with Gasteiger partial charge in [0, 0.05) is 16.9 Å². The van der Waals surface area contributed by atoms with Crippen molar-refractivity contribution in [3.63, 3.8) is 0 Å². The summed E-state index contributed by atoms with van der Waals surface area (Å²) in [5.41, 5.74) is 1.36. The molecule has 0 spiro atoms. The van der Waals surface area contributed by atoms with Gasteiger partial charge in [0.05, 0.1) is 19.3 Å². The summed E-state index contributed by atoms with van der Waals surface area (Å²) in [5.74, 6) is -0.814. The van der Waals surface area contributed by atoms with Crippen molar-refractivity contribution in [3.8, 4) is 0 Å². The highest BCUT2D eigenvalue weighted by atomic mass is 16.6. The van der Waals surface area contributed by atoms with Crippen LogP contribution in [0.4, 0.5) is 0 Å². The van der Waals surface area contributed by atoms with Gasteiger partial charge in [0.2, 0.25) is 0 Å². The van der Waals surface area contributed by atoms with E-state index in [1.165, 1.54) is 0 Å². The maximum absolute atomic E-state index is 11.4. The first-order valence-electron chi connectivity index (χ1n) is 7.91. The Morgan fingerprint density at radius 1 is 1.64 bits per heavy atom. The predicted octanol–water partition coefficient (Wildman–Crippen LogP) is 3.35. The summed E-state index contributed by atoms with van der Waals surface area (Å²) in [4.78, 5) is 11.4. The van der Waals surface area contributed by atoms with Gasteiger partial charge < -0.3 is 14.6 Å². The van der Waals surface area contributed by atoms with E-state index in [4.69, 9.17) is 9.47 Å². The zero-order valence-corrected chi connectivity index (χ0v) is 13.8. The molecule has 1 heterocycles. The number of hydrogen-bond acceptors (Lipinski definition) is 3. The van der Waals surface area contributed by atoms with E-state index in [-0.39, 0.29) is 23.5 Å². The number of carbonyl (C=O) groups is 1. The molecule has 0 aromatic rings. The second-order valence-electron chi connectivity index (χ2n) is 6.40. The molecule has 1 aliphatic carbocycles. The van der Waals surface area contributed by atoms with Crippen LogP contribution < -0.4 is 0 Å². The minimum atomic E-state index is -0.841. The van der Waals surface area contributed by atoms with Gasteiger partial charge in [-0.2, -0.15) is 0 Å². The molecule has 122 valence electrons. The lowest BCUT2D eigenvalue weighted by atomic mass is 9.67. The summed E-state index contributed by atoms with van der Waals surface area (Å²) in [6.45, 7) is 9.49. The Morgan fingerprint density at radius 2 is 2.32 bits per heavy atom. The molecule has 0 aromatic carbocycles. The Kier molecular flexibility index (Phi) is 5.24.